The summed E-state index contributed by atoms with van der Waals surface area (Å²) in [6.07, 6.45) is 0. The molecule has 158 valence electrons. The number of aromatic carboxylic acids is 1. The number of carbonyl (C=O) groups is 3. The molecule has 8 heteroatoms. The molecule has 0 unspecified atom stereocenters. The molecule has 0 spiro atoms. The Hall–Kier alpha value is -4.33. The number of rotatable bonds is 8. The summed E-state index contributed by atoms with van der Waals surface area (Å²) in [7, 11) is 1.56. The summed E-state index contributed by atoms with van der Waals surface area (Å²) in [6, 6.07) is 19.0. The molecule has 0 saturated carbocycles. The second-order valence-corrected chi connectivity index (χ2v) is 6.38. The maximum Gasteiger partial charge on any atom is 0.262 e. The number of hydrogen-bond acceptors (Lipinski definition) is 6. The molecule has 0 aromatic heterocycles. The van der Waals surface area contributed by atoms with Crippen LogP contribution >= 0.6 is 0 Å². The summed E-state index contributed by atoms with van der Waals surface area (Å²) in [5.41, 5.74) is 0.622. The van der Waals surface area contributed by atoms with Crippen molar-refractivity contribution in [3.63, 3.8) is 0 Å². The highest BCUT2D eigenvalue weighted by atomic mass is 16.5. The molecule has 0 saturated heterocycles. The smallest absolute Gasteiger partial charge is 0.262 e. The van der Waals surface area contributed by atoms with Crippen LogP contribution in [-0.4, -0.2) is 31.5 Å². The van der Waals surface area contributed by atoms with Crippen molar-refractivity contribution in [2.24, 2.45) is 0 Å². The first-order valence-electron chi connectivity index (χ1n) is 9.25. The SMILES string of the molecule is COc1ccc(OCC(=O)Nc2cccc(C(=O)Nc3ccccc3C(=O)[O-])c2)cc1. The summed E-state index contributed by atoms with van der Waals surface area (Å²) >= 11 is 0. The van der Waals surface area contributed by atoms with Gasteiger partial charge in [-0.15, -0.1) is 0 Å². The van der Waals surface area contributed by atoms with E-state index < -0.39 is 17.8 Å². The number of carbonyl (C=O) groups excluding carboxylic acids is 3. The minimum Gasteiger partial charge on any atom is -0.545 e. The number of benzene rings is 3. The van der Waals surface area contributed by atoms with Gasteiger partial charge in [0.05, 0.1) is 18.8 Å². The van der Waals surface area contributed by atoms with Crippen molar-refractivity contribution in [2.45, 2.75) is 0 Å². The minimum atomic E-state index is -1.39. The third-order valence-electron chi connectivity index (χ3n) is 4.23. The summed E-state index contributed by atoms with van der Waals surface area (Å²) < 4.78 is 10.5. The maximum atomic E-state index is 12.5. The van der Waals surface area contributed by atoms with E-state index in [4.69, 9.17) is 9.47 Å². The zero-order valence-electron chi connectivity index (χ0n) is 16.6. The van der Waals surface area contributed by atoms with E-state index in [0.29, 0.717) is 17.2 Å². The van der Waals surface area contributed by atoms with Crippen molar-refractivity contribution in [2.75, 3.05) is 24.4 Å². The van der Waals surface area contributed by atoms with Crippen molar-refractivity contribution in [1.29, 1.82) is 0 Å². The van der Waals surface area contributed by atoms with E-state index in [2.05, 4.69) is 10.6 Å². The van der Waals surface area contributed by atoms with Gasteiger partial charge in [-0.3, -0.25) is 9.59 Å². The number of ether oxygens (including phenoxy) is 2. The Bertz CT molecular complexity index is 1100. The Morgan fingerprint density at radius 2 is 1.58 bits per heavy atom. The van der Waals surface area contributed by atoms with E-state index in [0.717, 1.165) is 0 Å². The predicted octanol–water partition coefficient (Wildman–Crippen LogP) is 2.33. The summed E-state index contributed by atoms with van der Waals surface area (Å²) in [5, 5.41) is 16.4. The highest BCUT2D eigenvalue weighted by Crippen LogP contribution is 2.18. The van der Waals surface area contributed by atoms with Crippen LogP contribution in [0.1, 0.15) is 20.7 Å². The molecule has 2 N–H and O–H groups in total. The standard InChI is InChI=1S/C23H20N2O6/c1-30-17-9-11-18(12-10-17)31-14-21(26)24-16-6-4-5-15(13-16)22(27)25-20-8-3-2-7-19(20)23(28)29/h2-13H,14H2,1H3,(H,24,26)(H,25,27)(H,28,29)/p-1. The van der Waals surface area contributed by atoms with Gasteiger partial charge in [0, 0.05) is 16.8 Å². The molecule has 0 aliphatic heterocycles. The number of para-hydroxylation sites is 1. The lowest BCUT2D eigenvalue weighted by Crippen LogP contribution is -2.25. The highest BCUT2D eigenvalue weighted by molar-refractivity contribution is 6.08. The largest absolute Gasteiger partial charge is 0.545 e. The number of anilines is 2. The number of methoxy groups -OCH3 is 1. The molecule has 0 bridgehead atoms. The van der Waals surface area contributed by atoms with E-state index in [1.165, 1.54) is 24.3 Å². The van der Waals surface area contributed by atoms with Gasteiger partial charge in [0.1, 0.15) is 11.5 Å². The normalized spacial score (nSPS) is 10.1. The number of amides is 2. The molecule has 3 aromatic rings. The number of carboxylic acids is 1. The monoisotopic (exact) mass is 419 g/mol. The Morgan fingerprint density at radius 1 is 0.871 bits per heavy atom. The van der Waals surface area contributed by atoms with Gasteiger partial charge in [-0.25, -0.2) is 0 Å². The fraction of sp³-hybridized carbons (Fsp3) is 0.0870. The van der Waals surface area contributed by atoms with Crippen molar-refractivity contribution < 1.29 is 29.0 Å². The molecule has 0 atom stereocenters. The molecular formula is C23H19N2O6-. The van der Waals surface area contributed by atoms with Crippen molar-refractivity contribution in [1.82, 2.24) is 0 Å². The van der Waals surface area contributed by atoms with Crippen LogP contribution < -0.4 is 25.2 Å². The maximum absolute atomic E-state index is 12.5. The number of hydrogen-bond donors (Lipinski definition) is 2. The lowest BCUT2D eigenvalue weighted by molar-refractivity contribution is -0.254. The van der Waals surface area contributed by atoms with Crippen LogP contribution in [-0.2, 0) is 4.79 Å². The molecule has 3 rings (SSSR count). The quantitative estimate of drug-likeness (QED) is 0.579. The van der Waals surface area contributed by atoms with Crippen LogP contribution in [0.5, 0.6) is 11.5 Å². The lowest BCUT2D eigenvalue weighted by atomic mass is 10.1. The van der Waals surface area contributed by atoms with E-state index in [-0.39, 0.29) is 23.4 Å². The van der Waals surface area contributed by atoms with Gasteiger partial charge in [0.25, 0.3) is 11.8 Å². The Morgan fingerprint density at radius 3 is 2.29 bits per heavy atom. The number of nitrogens with one attached hydrogen (secondary N) is 2. The van der Waals surface area contributed by atoms with Gasteiger partial charge in [-0.1, -0.05) is 24.3 Å². The molecule has 0 aliphatic rings. The molecule has 0 aliphatic carbocycles. The van der Waals surface area contributed by atoms with Crippen LogP contribution in [0.3, 0.4) is 0 Å². The van der Waals surface area contributed by atoms with Crippen LogP contribution in [0.15, 0.2) is 72.8 Å². The van der Waals surface area contributed by atoms with Crippen LogP contribution in [0.2, 0.25) is 0 Å². The molecule has 2 amide bonds. The first-order chi connectivity index (χ1) is 15.0. The minimum absolute atomic E-state index is 0.120. The van der Waals surface area contributed by atoms with Gasteiger partial charge in [0.2, 0.25) is 0 Å². The van der Waals surface area contributed by atoms with Crippen LogP contribution in [0, 0.1) is 0 Å². The fourth-order valence-electron chi connectivity index (χ4n) is 2.72. The van der Waals surface area contributed by atoms with Crippen LogP contribution in [0.4, 0.5) is 11.4 Å². The first kappa shape index (κ1) is 21.4. The molecule has 8 nitrogen and oxygen atoms in total. The molecule has 0 fully saturated rings. The van der Waals surface area contributed by atoms with E-state index in [1.54, 1.807) is 55.6 Å². The van der Waals surface area contributed by atoms with Gasteiger partial charge in [-0.2, -0.15) is 0 Å². The van der Waals surface area contributed by atoms with Gasteiger partial charge < -0.3 is 30.0 Å². The van der Waals surface area contributed by atoms with Gasteiger partial charge >= 0.3 is 0 Å². The average molecular weight is 419 g/mol. The lowest BCUT2D eigenvalue weighted by Gasteiger charge is -2.12. The predicted molar refractivity (Wildman–Crippen MR) is 112 cm³/mol. The Kier molecular flexibility index (Phi) is 6.85. The summed E-state index contributed by atoms with van der Waals surface area (Å²) in [6.45, 7) is -0.220. The number of carboxylic acid groups (broad SMARTS) is 1. The third-order valence-corrected chi connectivity index (χ3v) is 4.23. The van der Waals surface area contributed by atoms with Crippen molar-refractivity contribution in [3.05, 3.63) is 83.9 Å². The molecule has 31 heavy (non-hydrogen) atoms. The second-order valence-electron chi connectivity index (χ2n) is 6.38. The van der Waals surface area contributed by atoms with E-state index >= 15 is 0 Å². The highest BCUT2D eigenvalue weighted by Gasteiger charge is 2.11. The first-order valence-corrected chi connectivity index (χ1v) is 9.25. The van der Waals surface area contributed by atoms with Crippen molar-refractivity contribution in [3.8, 4) is 11.5 Å². The molecule has 3 aromatic carbocycles. The summed E-state index contributed by atoms with van der Waals surface area (Å²) in [5.74, 6) is -1.14. The van der Waals surface area contributed by atoms with E-state index in [9.17, 15) is 19.5 Å². The van der Waals surface area contributed by atoms with E-state index in [1.807, 2.05) is 0 Å². The second kappa shape index (κ2) is 9.93. The van der Waals surface area contributed by atoms with Crippen LogP contribution in [0.25, 0.3) is 0 Å². The summed E-state index contributed by atoms with van der Waals surface area (Å²) in [4.78, 5) is 35.9. The average Bonchev–Trinajstić information content (AvgIpc) is 2.78. The van der Waals surface area contributed by atoms with Gasteiger partial charge in [0.15, 0.2) is 6.61 Å². The van der Waals surface area contributed by atoms with Gasteiger partial charge in [-0.05, 0) is 48.5 Å². The Labute approximate surface area is 178 Å². The third kappa shape index (κ3) is 5.83. The molecule has 0 heterocycles. The molecular weight excluding hydrogens is 400 g/mol. The molecule has 0 radical (unpaired) electrons. The topological polar surface area (TPSA) is 117 Å². The Balaban J connectivity index is 1.61. The zero-order valence-corrected chi connectivity index (χ0v) is 16.6. The fourth-order valence-corrected chi connectivity index (χ4v) is 2.72. The van der Waals surface area contributed by atoms with Crippen molar-refractivity contribution >= 4 is 29.2 Å². The zero-order chi connectivity index (χ0) is 22.2.